The normalized spacial score (nSPS) is 10.2. The lowest BCUT2D eigenvalue weighted by molar-refractivity contribution is 0.223. The average molecular weight is 268 g/mol. The Balaban J connectivity index is 2.10. The van der Waals surface area contributed by atoms with Crippen LogP contribution in [-0.4, -0.2) is 0 Å². The Bertz CT molecular complexity index is 486. The fraction of sp³-hybridized carbons (Fsp3) is 0.222. The van der Waals surface area contributed by atoms with E-state index in [2.05, 4.69) is 13.8 Å². The van der Waals surface area contributed by atoms with Gasteiger partial charge in [0.1, 0.15) is 11.5 Å². The molecule has 0 unspecified atom stereocenters. The molecule has 2 aromatic rings. The molecule has 104 valence electrons. The van der Waals surface area contributed by atoms with E-state index in [1.54, 1.807) is 0 Å². The predicted molar refractivity (Wildman–Crippen MR) is 81.7 cm³/mol. The van der Waals surface area contributed by atoms with Crippen molar-refractivity contribution in [1.29, 1.82) is 0 Å². The van der Waals surface area contributed by atoms with Gasteiger partial charge < -0.3 is 9.47 Å². The summed E-state index contributed by atoms with van der Waals surface area (Å²) in [6.07, 6.45) is 2.90. The van der Waals surface area contributed by atoms with Crippen LogP contribution in [0.3, 0.4) is 0 Å². The molecule has 0 amide bonds. The highest BCUT2D eigenvalue weighted by Gasteiger charge is 2.04. The second kappa shape index (κ2) is 7.39. The van der Waals surface area contributed by atoms with Crippen molar-refractivity contribution in [2.24, 2.45) is 5.92 Å². The van der Waals surface area contributed by atoms with Gasteiger partial charge in [-0.25, -0.2) is 0 Å². The maximum atomic E-state index is 5.81. The van der Waals surface area contributed by atoms with Crippen LogP contribution in [-0.2, 0) is 0 Å². The summed E-state index contributed by atoms with van der Waals surface area (Å²) in [6.45, 7) is 4.33. The lowest BCUT2D eigenvalue weighted by Crippen LogP contribution is -2.04. The molecule has 2 heteroatoms. The first kappa shape index (κ1) is 14.2. The maximum absolute atomic E-state index is 5.81. The minimum atomic E-state index is 0.524. The Morgan fingerprint density at radius 3 is 1.70 bits per heavy atom. The number of allylic oxidation sites excluding steroid dienone is 1. The minimum Gasteiger partial charge on any atom is -0.426 e. The molecule has 20 heavy (non-hydrogen) atoms. The van der Waals surface area contributed by atoms with E-state index in [1.807, 2.05) is 66.7 Å². The van der Waals surface area contributed by atoms with Crippen LogP contribution in [0.5, 0.6) is 11.5 Å². The minimum absolute atomic E-state index is 0.524. The molecule has 2 nitrogen and oxygen atoms in total. The molecule has 0 radical (unpaired) electrons. The highest BCUT2D eigenvalue weighted by atomic mass is 16.7. The van der Waals surface area contributed by atoms with Gasteiger partial charge >= 0.3 is 0 Å². The van der Waals surface area contributed by atoms with E-state index in [1.165, 1.54) is 0 Å². The largest absolute Gasteiger partial charge is 0.426 e. The summed E-state index contributed by atoms with van der Waals surface area (Å²) in [6, 6.07) is 19.3. The maximum Gasteiger partial charge on any atom is 0.286 e. The molecule has 2 aromatic carbocycles. The molecule has 0 N–H and O–H groups in total. The highest BCUT2D eigenvalue weighted by molar-refractivity contribution is 5.25. The van der Waals surface area contributed by atoms with Crippen LogP contribution in [0.15, 0.2) is 72.7 Å². The van der Waals surface area contributed by atoms with Gasteiger partial charge in [0.15, 0.2) is 0 Å². The third kappa shape index (κ3) is 4.81. The van der Waals surface area contributed by atoms with Gasteiger partial charge in [0.05, 0.1) is 0 Å². The molecule has 0 spiro atoms. The number of hydrogen-bond acceptors (Lipinski definition) is 2. The van der Waals surface area contributed by atoms with E-state index in [9.17, 15) is 0 Å². The number of hydrogen-bond donors (Lipinski definition) is 0. The van der Waals surface area contributed by atoms with Crippen LogP contribution >= 0.6 is 0 Å². The van der Waals surface area contributed by atoms with Crippen molar-refractivity contribution in [3.05, 3.63) is 72.7 Å². The molecule has 0 aliphatic rings. The number of para-hydroxylation sites is 2. The molecular weight excluding hydrogens is 248 g/mol. The van der Waals surface area contributed by atoms with Crippen LogP contribution in [0.25, 0.3) is 0 Å². The summed E-state index contributed by atoms with van der Waals surface area (Å²) in [5.41, 5.74) is 0. The van der Waals surface area contributed by atoms with E-state index in [-0.39, 0.29) is 0 Å². The molecule has 0 fully saturated rings. The zero-order valence-corrected chi connectivity index (χ0v) is 12.0. The Kier molecular flexibility index (Phi) is 5.24. The van der Waals surface area contributed by atoms with Crippen LogP contribution in [0.4, 0.5) is 0 Å². The van der Waals surface area contributed by atoms with Crippen LogP contribution < -0.4 is 9.47 Å². The third-order valence-electron chi connectivity index (χ3n) is 2.68. The van der Waals surface area contributed by atoms with Crippen molar-refractivity contribution in [3.63, 3.8) is 0 Å². The van der Waals surface area contributed by atoms with Gasteiger partial charge in [-0.3, -0.25) is 0 Å². The fourth-order valence-corrected chi connectivity index (χ4v) is 1.65. The van der Waals surface area contributed by atoms with Crippen molar-refractivity contribution in [2.45, 2.75) is 20.3 Å². The van der Waals surface area contributed by atoms with E-state index < -0.39 is 0 Å². The number of rotatable bonds is 6. The predicted octanol–water partition coefficient (Wildman–Crippen LogP) is 5.03. The smallest absolute Gasteiger partial charge is 0.286 e. The molecule has 0 heterocycles. The fourth-order valence-electron chi connectivity index (χ4n) is 1.65. The van der Waals surface area contributed by atoms with Crippen LogP contribution in [0.1, 0.15) is 20.3 Å². The molecule has 0 saturated carbocycles. The first-order valence-corrected chi connectivity index (χ1v) is 6.90. The van der Waals surface area contributed by atoms with E-state index in [4.69, 9.17) is 9.47 Å². The third-order valence-corrected chi connectivity index (χ3v) is 2.68. The molecular formula is C18H20O2. The molecule has 0 aliphatic carbocycles. The Labute approximate surface area is 120 Å². The first-order chi connectivity index (χ1) is 9.74. The first-order valence-electron chi connectivity index (χ1n) is 6.90. The van der Waals surface area contributed by atoms with Crippen molar-refractivity contribution < 1.29 is 9.47 Å². The summed E-state index contributed by atoms with van der Waals surface area (Å²) >= 11 is 0. The van der Waals surface area contributed by atoms with E-state index >= 15 is 0 Å². The van der Waals surface area contributed by atoms with E-state index in [0.29, 0.717) is 11.9 Å². The summed E-state index contributed by atoms with van der Waals surface area (Å²) in [4.78, 5) is 0. The average Bonchev–Trinajstić information content (AvgIpc) is 2.47. The zero-order chi connectivity index (χ0) is 14.2. The Hall–Kier alpha value is -2.22. The monoisotopic (exact) mass is 268 g/mol. The second-order valence-electron chi connectivity index (χ2n) is 4.98. The molecule has 0 aromatic heterocycles. The van der Waals surface area contributed by atoms with E-state index in [0.717, 1.165) is 17.9 Å². The van der Waals surface area contributed by atoms with Crippen molar-refractivity contribution in [1.82, 2.24) is 0 Å². The topological polar surface area (TPSA) is 18.5 Å². The van der Waals surface area contributed by atoms with Crippen LogP contribution in [0, 0.1) is 5.92 Å². The molecule has 0 bridgehead atoms. The van der Waals surface area contributed by atoms with Crippen molar-refractivity contribution in [3.8, 4) is 11.5 Å². The van der Waals surface area contributed by atoms with Gasteiger partial charge in [-0.15, -0.1) is 0 Å². The Morgan fingerprint density at radius 1 is 0.850 bits per heavy atom. The Morgan fingerprint density at radius 2 is 1.30 bits per heavy atom. The molecule has 0 atom stereocenters. The lowest BCUT2D eigenvalue weighted by Gasteiger charge is -2.12. The van der Waals surface area contributed by atoms with Gasteiger partial charge in [0, 0.05) is 0 Å². The zero-order valence-electron chi connectivity index (χ0n) is 12.0. The summed E-state index contributed by atoms with van der Waals surface area (Å²) in [5.74, 6) is 2.64. The summed E-state index contributed by atoms with van der Waals surface area (Å²) in [7, 11) is 0. The lowest BCUT2D eigenvalue weighted by atomic mass is 10.1. The molecule has 2 rings (SSSR count). The van der Waals surface area contributed by atoms with Crippen molar-refractivity contribution >= 4 is 0 Å². The quantitative estimate of drug-likeness (QED) is 0.684. The van der Waals surface area contributed by atoms with Gasteiger partial charge in [0.2, 0.25) is 0 Å². The molecule has 0 aliphatic heterocycles. The standard InChI is InChI=1S/C18H20O2/c1-15(2)13-14-18(19-16-9-5-3-6-10-16)20-17-11-7-4-8-12-17/h3-12,14-15H,13H2,1-2H3. The summed E-state index contributed by atoms with van der Waals surface area (Å²) in [5, 5.41) is 0. The summed E-state index contributed by atoms with van der Waals surface area (Å²) < 4.78 is 11.6. The number of benzene rings is 2. The number of ether oxygens (including phenoxy) is 2. The van der Waals surface area contributed by atoms with Gasteiger partial charge in [0.25, 0.3) is 5.95 Å². The molecule has 0 saturated heterocycles. The van der Waals surface area contributed by atoms with Gasteiger partial charge in [-0.05, 0) is 42.7 Å². The second-order valence-corrected chi connectivity index (χ2v) is 4.98. The SMILES string of the molecule is CC(C)CC=C(Oc1ccccc1)Oc1ccccc1. The van der Waals surface area contributed by atoms with Gasteiger partial charge in [-0.2, -0.15) is 0 Å². The van der Waals surface area contributed by atoms with Gasteiger partial charge in [-0.1, -0.05) is 50.2 Å². The van der Waals surface area contributed by atoms with Crippen LogP contribution in [0.2, 0.25) is 0 Å². The van der Waals surface area contributed by atoms with Crippen molar-refractivity contribution in [2.75, 3.05) is 0 Å². The highest BCUT2D eigenvalue weighted by Crippen LogP contribution is 2.18.